The van der Waals surface area contributed by atoms with Gasteiger partial charge in [-0.2, -0.15) is 5.10 Å². The van der Waals surface area contributed by atoms with Gasteiger partial charge in [-0.15, -0.1) is 11.3 Å². The highest BCUT2D eigenvalue weighted by Gasteiger charge is 2.69. The third-order valence-electron chi connectivity index (χ3n) is 6.98. The second-order valence-corrected chi connectivity index (χ2v) is 11.2. The minimum Gasteiger partial charge on any atom is -0.369 e. The van der Waals surface area contributed by atoms with Crippen LogP contribution in [0.4, 0.5) is 0 Å². The molecule has 33 heavy (non-hydrogen) atoms. The van der Waals surface area contributed by atoms with Gasteiger partial charge in [0.05, 0.1) is 10.3 Å². The number of hydrogen-bond donors (Lipinski definition) is 3. The van der Waals surface area contributed by atoms with Gasteiger partial charge in [0.2, 0.25) is 0 Å². The second kappa shape index (κ2) is 8.28. The normalized spacial score (nSPS) is 33.0. The van der Waals surface area contributed by atoms with E-state index in [0.29, 0.717) is 23.4 Å². The molecule has 6 rings (SSSR count). The number of halogens is 1. The maximum Gasteiger partial charge on any atom is 0.147 e. The van der Waals surface area contributed by atoms with Gasteiger partial charge in [0.1, 0.15) is 22.0 Å². The van der Waals surface area contributed by atoms with Crippen molar-refractivity contribution in [1.29, 1.82) is 0 Å². The van der Waals surface area contributed by atoms with Gasteiger partial charge in [0, 0.05) is 60.9 Å². The average molecular weight is 501 g/mol. The molecule has 0 aromatic carbocycles. The molecule has 1 aliphatic carbocycles. The van der Waals surface area contributed by atoms with Crippen LogP contribution >= 0.6 is 34.7 Å². The zero-order chi connectivity index (χ0) is 22.6. The number of nitrogens with one attached hydrogen (secondary N) is 2. The first-order valence-electron chi connectivity index (χ1n) is 11.0. The summed E-state index contributed by atoms with van der Waals surface area (Å²) in [5.41, 5.74) is 7.42. The molecule has 172 valence electrons. The fraction of sp³-hybridized carbons (Fsp3) is 0.409. The monoisotopic (exact) mass is 500 g/mol. The summed E-state index contributed by atoms with van der Waals surface area (Å²) in [7, 11) is 0. The van der Waals surface area contributed by atoms with E-state index in [9.17, 15) is 0 Å². The zero-order valence-corrected chi connectivity index (χ0v) is 20.4. The maximum absolute atomic E-state index is 6.67. The number of rotatable bonds is 6. The third-order valence-corrected chi connectivity index (χ3v) is 9.79. The lowest BCUT2D eigenvalue weighted by Crippen LogP contribution is -2.48. The lowest BCUT2D eigenvalue weighted by Gasteiger charge is -2.31. The van der Waals surface area contributed by atoms with E-state index in [1.807, 2.05) is 37.0 Å². The Morgan fingerprint density at radius 2 is 2.21 bits per heavy atom. The molecule has 4 N–H and O–H groups in total. The number of hydrogen-bond acceptors (Lipinski definition) is 9. The molecule has 5 heterocycles. The number of fused-ring (bicyclic) bond motifs is 1. The lowest BCUT2D eigenvalue weighted by atomic mass is 10.0. The minimum absolute atomic E-state index is 0.0276. The smallest absolute Gasteiger partial charge is 0.147 e. The van der Waals surface area contributed by atoms with E-state index in [4.69, 9.17) is 27.3 Å². The first kappa shape index (κ1) is 21.4. The predicted molar refractivity (Wildman–Crippen MR) is 135 cm³/mol. The van der Waals surface area contributed by atoms with Crippen molar-refractivity contribution in [2.45, 2.75) is 23.8 Å². The molecule has 0 bridgehead atoms. The summed E-state index contributed by atoms with van der Waals surface area (Å²) in [6.45, 7) is 4.76. The zero-order valence-electron chi connectivity index (χ0n) is 18.1. The van der Waals surface area contributed by atoms with Crippen LogP contribution in [0.5, 0.6) is 0 Å². The van der Waals surface area contributed by atoms with Crippen LogP contribution in [0, 0.1) is 18.8 Å². The van der Waals surface area contributed by atoms with Crippen LogP contribution in [0.15, 0.2) is 57.4 Å². The number of aryl methyl sites for hydroxylation is 1. The van der Waals surface area contributed by atoms with Gasteiger partial charge in [-0.05, 0) is 37.1 Å². The van der Waals surface area contributed by atoms with Crippen LogP contribution < -0.4 is 16.4 Å². The van der Waals surface area contributed by atoms with Gasteiger partial charge in [0.15, 0.2) is 0 Å². The third kappa shape index (κ3) is 3.55. The number of piperidine rings is 1. The van der Waals surface area contributed by atoms with E-state index in [1.54, 1.807) is 34.0 Å². The number of thioether (sulfide) groups is 1. The van der Waals surface area contributed by atoms with Gasteiger partial charge in [-0.25, -0.2) is 14.7 Å². The van der Waals surface area contributed by atoms with Gasteiger partial charge in [-0.3, -0.25) is 4.90 Å². The highest BCUT2D eigenvalue weighted by molar-refractivity contribution is 8.04. The Kier molecular flexibility index (Phi) is 5.38. The van der Waals surface area contributed by atoms with Crippen LogP contribution in [0.1, 0.15) is 10.7 Å². The molecule has 4 atom stereocenters. The van der Waals surface area contributed by atoms with Crippen LogP contribution in [-0.4, -0.2) is 56.9 Å². The van der Waals surface area contributed by atoms with Crippen LogP contribution in [-0.2, 0) is 5.41 Å². The first-order valence-corrected chi connectivity index (χ1v) is 13.1. The topological polar surface area (TPSA) is 96.4 Å². The molecule has 0 radical (unpaired) electrons. The molecular weight excluding hydrogens is 476 g/mol. The fourth-order valence-corrected chi connectivity index (χ4v) is 7.59. The lowest BCUT2D eigenvalue weighted by molar-refractivity contribution is 0.230. The summed E-state index contributed by atoms with van der Waals surface area (Å²) in [6, 6.07) is 1.87. The van der Waals surface area contributed by atoms with Gasteiger partial charge < -0.3 is 16.4 Å². The van der Waals surface area contributed by atoms with E-state index in [-0.39, 0.29) is 16.8 Å². The van der Waals surface area contributed by atoms with E-state index in [1.165, 1.54) is 5.01 Å². The molecule has 2 fully saturated rings. The molecule has 0 spiro atoms. The Labute approximate surface area is 205 Å². The maximum atomic E-state index is 6.67. The summed E-state index contributed by atoms with van der Waals surface area (Å²) < 4.78 is 1.74. The highest BCUT2D eigenvalue weighted by atomic mass is 35.5. The molecule has 4 aliphatic rings. The molecule has 2 aromatic rings. The molecule has 8 nitrogen and oxygen atoms in total. The largest absolute Gasteiger partial charge is 0.369 e. The predicted octanol–water partition coefficient (Wildman–Crippen LogP) is 2.49. The summed E-state index contributed by atoms with van der Waals surface area (Å²) >= 11 is 10.0. The molecule has 11 heteroatoms. The first-order chi connectivity index (χ1) is 16.1. The van der Waals surface area contributed by atoms with Gasteiger partial charge in [-0.1, -0.05) is 23.4 Å². The molecule has 2 aromatic heterocycles. The van der Waals surface area contributed by atoms with E-state index in [2.05, 4.69) is 32.9 Å². The molecule has 4 unspecified atom stereocenters. The van der Waals surface area contributed by atoms with Crippen molar-refractivity contribution in [2.24, 2.45) is 22.6 Å². The van der Waals surface area contributed by atoms with E-state index < -0.39 is 0 Å². The number of nitrogens with zero attached hydrogens (tertiary/aromatic N) is 5. The Hall–Kier alpha value is -2.11. The quantitative estimate of drug-likeness (QED) is 0.560. The fourth-order valence-electron chi connectivity index (χ4n) is 5.21. The van der Waals surface area contributed by atoms with Gasteiger partial charge in [0.25, 0.3) is 0 Å². The Morgan fingerprint density at radius 3 is 2.85 bits per heavy atom. The molecular formula is C22H25ClN8S2. The summed E-state index contributed by atoms with van der Waals surface area (Å²) in [5, 5.41) is 15.9. The number of nitrogens with two attached hydrogens (primary N) is 1. The van der Waals surface area contributed by atoms with Crippen molar-refractivity contribution in [3.63, 3.8) is 0 Å². The molecule has 1 saturated carbocycles. The Balaban J connectivity index is 1.08. The number of likely N-dealkylation sites (tertiary alicyclic amines) is 1. The number of aliphatic imine (C=N–C) groups is 1. The molecule has 3 aliphatic heterocycles. The van der Waals surface area contributed by atoms with Crippen molar-refractivity contribution in [3.05, 3.63) is 63.1 Å². The number of thiazole rings is 1. The Bertz CT molecular complexity index is 1150. The standard InChI is InChI=1S/C22H25ClN8S2/c1-13-11-32-21(29-13)22(12-24)14-9-30(10-15(14)22)17-7-27-18(8-26-17)33-16-3-5-25-20(19(16)23)31-6-2-4-28-31/h2-8,11,14-17,25-26H,9-10,12,24H2,1H3. The summed E-state index contributed by atoms with van der Waals surface area (Å²) in [6.07, 6.45) is 11.6. The van der Waals surface area contributed by atoms with E-state index >= 15 is 0 Å². The van der Waals surface area contributed by atoms with Gasteiger partial charge >= 0.3 is 0 Å². The van der Waals surface area contributed by atoms with Crippen LogP contribution in [0.25, 0.3) is 5.82 Å². The van der Waals surface area contributed by atoms with Crippen molar-refractivity contribution in [3.8, 4) is 0 Å². The van der Waals surface area contributed by atoms with Crippen LogP contribution in [0.3, 0.4) is 0 Å². The van der Waals surface area contributed by atoms with E-state index in [0.717, 1.165) is 29.6 Å². The Morgan fingerprint density at radius 1 is 1.36 bits per heavy atom. The number of aromatic nitrogens is 3. The highest BCUT2D eigenvalue weighted by Crippen LogP contribution is 2.63. The van der Waals surface area contributed by atoms with Crippen molar-refractivity contribution < 1.29 is 0 Å². The van der Waals surface area contributed by atoms with Crippen molar-refractivity contribution in [2.75, 3.05) is 19.6 Å². The minimum atomic E-state index is -0.0276. The molecule has 0 amide bonds. The number of dihydropyridines is 1. The summed E-state index contributed by atoms with van der Waals surface area (Å²) in [5.74, 6) is 1.92. The van der Waals surface area contributed by atoms with Crippen molar-refractivity contribution >= 4 is 46.7 Å². The second-order valence-electron chi connectivity index (χ2n) is 8.77. The molecule has 1 saturated heterocycles. The van der Waals surface area contributed by atoms with Crippen LogP contribution in [0.2, 0.25) is 0 Å². The summed E-state index contributed by atoms with van der Waals surface area (Å²) in [4.78, 5) is 12.0. The van der Waals surface area contributed by atoms with Crippen molar-refractivity contribution in [1.82, 2.24) is 30.3 Å². The SMILES string of the molecule is Cc1csc(C2(CN)C3CN(C4C=NC(SC5C=CNC(n6cccn6)=C5Cl)=CN4)CC32)n1. The average Bonchev–Trinajstić information content (AvgIpc) is 3.39.